The third-order valence-corrected chi connectivity index (χ3v) is 5.68. The lowest BCUT2D eigenvalue weighted by Crippen LogP contribution is -2.27. The van der Waals surface area contributed by atoms with Crippen LogP contribution in [0.25, 0.3) is 17.0 Å². The number of imide groups is 1. The SMILES string of the molecule is C=CCN1C(=O)S/C(=C/c2cn(Cc3ccccc3C#N)c3ccccc23)C1=O. The number of carbonyl (C=O) groups excluding carboxylic acids is 2. The van der Waals surface area contributed by atoms with E-state index in [1.807, 2.05) is 48.7 Å². The molecule has 0 saturated carbocycles. The minimum absolute atomic E-state index is 0.203. The van der Waals surface area contributed by atoms with Gasteiger partial charge in [0.05, 0.1) is 16.5 Å². The molecule has 2 heterocycles. The van der Waals surface area contributed by atoms with Crippen LogP contribution in [0.1, 0.15) is 16.7 Å². The van der Waals surface area contributed by atoms with Crippen LogP contribution in [0.2, 0.25) is 0 Å². The van der Waals surface area contributed by atoms with E-state index in [0.29, 0.717) is 17.0 Å². The predicted octanol–water partition coefficient (Wildman–Crippen LogP) is 4.78. The Hall–Kier alpha value is -3.56. The molecule has 0 N–H and O–H groups in total. The quantitative estimate of drug-likeness (QED) is 0.457. The number of carbonyl (C=O) groups is 2. The molecule has 0 bridgehead atoms. The standard InChI is InChI=1S/C23H17N3O2S/c1-2-11-26-22(27)21(29-23(26)28)12-18-15-25(20-10-6-5-9-19(18)20)14-17-8-4-3-7-16(17)13-24/h2-10,12,15H,1,11,14H2/b21-12+. The van der Waals surface area contributed by atoms with Crippen LogP contribution in [-0.4, -0.2) is 27.2 Å². The molecule has 0 aliphatic carbocycles. The van der Waals surface area contributed by atoms with Crippen LogP contribution in [0.3, 0.4) is 0 Å². The number of rotatable bonds is 5. The van der Waals surface area contributed by atoms with Crippen molar-refractivity contribution in [3.8, 4) is 6.07 Å². The number of amides is 2. The number of para-hydroxylation sites is 1. The van der Waals surface area contributed by atoms with E-state index in [0.717, 1.165) is 33.8 Å². The van der Waals surface area contributed by atoms with E-state index in [4.69, 9.17) is 0 Å². The number of thioether (sulfide) groups is 1. The summed E-state index contributed by atoms with van der Waals surface area (Å²) in [5.74, 6) is -0.299. The molecule has 0 spiro atoms. The number of nitriles is 1. The highest BCUT2D eigenvalue weighted by Crippen LogP contribution is 2.34. The summed E-state index contributed by atoms with van der Waals surface area (Å²) >= 11 is 0.943. The fourth-order valence-electron chi connectivity index (χ4n) is 3.40. The topological polar surface area (TPSA) is 66.1 Å². The van der Waals surface area contributed by atoms with Gasteiger partial charge < -0.3 is 4.57 Å². The van der Waals surface area contributed by atoms with Crippen LogP contribution >= 0.6 is 11.8 Å². The first-order valence-corrected chi connectivity index (χ1v) is 9.86. The zero-order chi connectivity index (χ0) is 20.4. The fraction of sp³-hybridized carbons (Fsp3) is 0.0870. The van der Waals surface area contributed by atoms with E-state index < -0.39 is 0 Å². The Bertz CT molecular complexity index is 1220. The first-order valence-electron chi connectivity index (χ1n) is 9.04. The Morgan fingerprint density at radius 1 is 1.10 bits per heavy atom. The lowest BCUT2D eigenvalue weighted by molar-refractivity contribution is -0.122. The maximum Gasteiger partial charge on any atom is 0.293 e. The van der Waals surface area contributed by atoms with Gasteiger partial charge in [0.2, 0.25) is 0 Å². The summed E-state index contributed by atoms with van der Waals surface area (Å²) in [4.78, 5) is 26.2. The van der Waals surface area contributed by atoms with Gasteiger partial charge in [-0.3, -0.25) is 14.5 Å². The van der Waals surface area contributed by atoms with E-state index in [1.165, 1.54) is 11.0 Å². The van der Waals surface area contributed by atoms with Gasteiger partial charge >= 0.3 is 0 Å². The molecule has 142 valence electrons. The van der Waals surface area contributed by atoms with Crippen LogP contribution in [0.4, 0.5) is 4.79 Å². The van der Waals surface area contributed by atoms with Gasteiger partial charge in [0, 0.05) is 35.8 Å². The van der Waals surface area contributed by atoms with E-state index >= 15 is 0 Å². The second-order valence-electron chi connectivity index (χ2n) is 6.58. The zero-order valence-corrected chi connectivity index (χ0v) is 16.4. The summed E-state index contributed by atoms with van der Waals surface area (Å²) in [5, 5.41) is 10.1. The van der Waals surface area contributed by atoms with Crippen LogP contribution < -0.4 is 0 Å². The number of nitrogens with zero attached hydrogens (tertiary/aromatic N) is 3. The van der Waals surface area contributed by atoms with Gasteiger partial charge in [-0.05, 0) is 35.5 Å². The second-order valence-corrected chi connectivity index (χ2v) is 7.57. The maximum atomic E-state index is 12.6. The molecule has 2 aromatic carbocycles. The van der Waals surface area contributed by atoms with Gasteiger partial charge in [-0.15, -0.1) is 6.58 Å². The van der Waals surface area contributed by atoms with Gasteiger partial charge in [-0.25, -0.2) is 0 Å². The van der Waals surface area contributed by atoms with Crippen LogP contribution in [0, 0.1) is 11.3 Å². The highest BCUT2D eigenvalue weighted by atomic mass is 32.2. The normalized spacial score (nSPS) is 15.3. The average molecular weight is 399 g/mol. The molecule has 0 atom stereocenters. The Morgan fingerprint density at radius 2 is 1.86 bits per heavy atom. The molecule has 29 heavy (non-hydrogen) atoms. The van der Waals surface area contributed by atoms with Crippen LogP contribution in [0.15, 0.2) is 72.3 Å². The number of hydrogen-bond donors (Lipinski definition) is 0. The van der Waals surface area contributed by atoms with Gasteiger partial charge in [0.25, 0.3) is 11.1 Å². The van der Waals surface area contributed by atoms with Gasteiger partial charge in [-0.2, -0.15) is 5.26 Å². The maximum absolute atomic E-state index is 12.6. The predicted molar refractivity (Wildman–Crippen MR) is 115 cm³/mol. The molecule has 0 radical (unpaired) electrons. The first kappa shape index (κ1) is 18.8. The Balaban J connectivity index is 1.76. The molecule has 2 amide bonds. The van der Waals surface area contributed by atoms with Crippen LogP contribution in [-0.2, 0) is 11.3 Å². The first-order chi connectivity index (χ1) is 14.1. The summed E-state index contributed by atoms with van der Waals surface area (Å²) in [6.07, 6.45) is 5.27. The van der Waals surface area contributed by atoms with E-state index in [2.05, 4.69) is 17.2 Å². The molecular weight excluding hydrogens is 382 g/mol. The van der Waals surface area contributed by atoms with Crippen molar-refractivity contribution in [2.75, 3.05) is 6.54 Å². The third-order valence-electron chi connectivity index (χ3n) is 4.77. The van der Waals surface area contributed by atoms with Gasteiger partial charge in [0.15, 0.2) is 0 Å². The van der Waals surface area contributed by atoms with E-state index in [-0.39, 0.29) is 17.7 Å². The Labute approximate surface area is 172 Å². The Morgan fingerprint density at radius 3 is 2.66 bits per heavy atom. The molecule has 4 rings (SSSR count). The molecule has 1 aliphatic rings. The molecule has 1 aliphatic heterocycles. The minimum atomic E-state index is -0.299. The lowest BCUT2D eigenvalue weighted by atomic mass is 10.1. The smallest absolute Gasteiger partial charge is 0.293 e. The summed E-state index contributed by atoms with van der Waals surface area (Å²) < 4.78 is 2.06. The molecule has 1 fully saturated rings. The van der Waals surface area contributed by atoms with Crippen molar-refractivity contribution < 1.29 is 9.59 Å². The molecule has 3 aromatic rings. The average Bonchev–Trinajstić information content (AvgIpc) is 3.21. The van der Waals surface area contributed by atoms with Crippen molar-refractivity contribution in [2.45, 2.75) is 6.54 Å². The van der Waals surface area contributed by atoms with Crippen LogP contribution in [0.5, 0.6) is 0 Å². The second kappa shape index (κ2) is 7.82. The highest BCUT2D eigenvalue weighted by Gasteiger charge is 2.34. The van der Waals surface area contributed by atoms with E-state index in [1.54, 1.807) is 12.1 Å². The largest absolute Gasteiger partial charge is 0.342 e. The molecule has 1 aromatic heterocycles. The van der Waals surface area contributed by atoms with Gasteiger partial charge in [-0.1, -0.05) is 42.5 Å². The van der Waals surface area contributed by atoms with Crippen molar-refractivity contribution in [3.63, 3.8) is 0 Å². The van der Waals surface area contributed by atoms with Gasteiger partial charge in [0.1, 0.15) is 0 Å². The number of aromatic nitrogens is 1. The van der Waals surface area contributed by atoms with Crippen molar-refractivity contribution in [1.29, 1.82) is 5.26 Å². The highest BCUT2D eigenvalue weighted by molar-refractivity contribution is 8.18. The monoisotopic (exact) mass is 399 g/mol. The summed E-state index contributed by atoms with van der Waals surface area (Å²) in [5.41, 5.74) is 3.42. The van der Waals surface area contributed by atoms with Crippen molar-refractivity contribution in [2.24, 2.45) is 0 Å². The Kier molecular flexibility index (Phi) is 5.07. The lowest BCUT2D eigenvalue weighted by Gasteiger charge is -2.07. The fourth-order valence-corrected chi connectivity index (χ4v) is 4.24. The minimum Gasteiger partial charge on any atom is -0.342 e. The van der Waals surface area contributed by atoms with Crippen molar-refractivity contribution in [3.05, 3.63) is 89.0 Å². The molecule has 0 unspecified atom stereocenters. The molecule has 5 nitrogen and oxygen atoms in total. The molecular formula is C23H17N3O2S. The molecule has 6 heteroatoms. The number of benzene rings is 2. The summed E-state index contributed by atoms with van der Waals surface area (Å²) in [6.45, 7) is 4.34. The van der Waals surface area contributed by atoms with Crippen molar-refractivity contribution >= 4 is 39.9 Å². The van der Waals surface area contributed by atoms with E-state index in [9.17, 15) is 14.9 Å². The summed E-state index contributed by atoms with van der Waals surface area (Å²) in [6, 6.07) is 17.6. The summed E-state index contributed by atoms with van der Waals surface area (Å²) in [7, 11) is 0. The third kappa shape index (κ3) is 3.48. The van der Waals surface area contributed by atoms with Crippen molar-refractivity contribution in [1.82, 2.24) is 9.47 Å². The zero-order valence-electron chi connectivity index (χ0n) is 15.5. The number of hydrogen-bond acceptors (Lipinski definition) is 4. The molecule has 1 saturated heterocycles. The number of fused-ring (bicyclic) bond motifs is 1.